The van der Waals surface area contributed by atoms with E-state index in [2.05, 4.69) is 33.0 Å². The molecule has 4 rings (SSSR count). The van der Waals surface area contributed by atoms with Gasteiger partial charge in [-0.3, -0.25) is 0 Å². The summed E-state index contributed by atoms with van der Waals surface area (Å²) in [6.07, 6.45) is 0.818. The van der Waals surface area contributed by atoms with E-state index in [0.29, 0.717) is 5.95 Å². The molecule has 1 aromatic heterocycles. The summed E-state index contributed by atoms with van der Waals surface area (Å²) in [4.78, 5) is 0. The number of rotatable bonds is 4. The molecule has 3 aromatic rings. The molecule has 1 N–H and O–H groups in total. The average molecular weight is 337 g/mol. The third-order valence-corrected chi connectivity index (χ3v) is 4.53. The van der Waals surface area contributed by atoms with Gasteiger partial charge in [-0.2, -0.15) is 0 Å². The number of aromatic nitrogens is 4. The number of fused-ring (bicyclic) bond motifs is 1. The zero-order valence-electron chi connectivity index (χ0n) is 14.1. The number of tetrazole rings is 1. The number of benzene rings is 2. The van der Waals surface area contributed by atoms with Crippen LogP contribution in [-0.4, -0.2) is 34.4 Å². The molecule has 0 saturated heterocycles. The Morgan fingerprint density at radius 1 is 1.00 bits per heavy atom. The van der Waals surface area contributed by atoms with Crippen molar-refractivity contribution in [1.82, 2.24) is 20.2 Å². The van der Waals surface area contributed by atoms with Gasteiger partial charge < -0.3 is 14.8 Å². The van der Waals surface area contributed by atoms with Crippen molar-refractivity contribution in [1.29, 1.82) is 0 Å². The van der Waals surface area contributed by atoms with Crippen LogP contribution in [0.5, 0.6) is 11.5 Å². The molecule has 0 radical (unpaired) electrons. The van der Waals surface area contributed by atoms with Crippen LogP contribution in [0.3, 0.4) is 0 Å². The van der Waals surface area contributed by atoms with Crippen molar-refractivity contribution in [3.63, 3.8) is 0 Å². The summed E-state index contributed by atoms with van der Waals surface area (Å²) in [5, 5.41) is 15.5. The van der Waals surface area contributed by atoms with Gasteiger partial charge >= 0.3 is 0 Å². The molecule has 0 saturated carbocycles. The van der Waals surface area contributed by atoms with Crippen LogP contribution in [0, 0.1) is 0 Å². The van der Waals surface area contributed by atoms with E-state index >= 15 is 0 Å². The Kier molecular flexibility index (Phi) is 3.97. The monoisotopic (exact) mass is 337 g/mol. The van der Waals surface area contributed by atoms with Gasteiger partial charge in [0.15, 0.2) is 0 Å². The van der Waals surface area contributed by atoms with Crippen LogP contribution in [0.25, 0.3) is 0 Å². The van der Waals surface area contributed by atoms with E-state index in [9.17, 15) is 0 Å². The number of methoxy groups -OCH3 is 2. The van der Waals surface area contributed by atoms with E-state index in [-0.39, 0.29) is 12.1 Å². The molecule has 0 unspecified atom stereocenters. The highest BCUT2D eigenvalue weighted by atomic mass is 16.5. The lowest BCUT2D eigenvalue weighted by molar-refractivity contribution is 0.402. The third kappa shape index (κ3) is 2.88. The van der Waals surface area contributed by atoms with E-state index in [1.807, 2.05) is 41.1 Å². The van der Waals surface area contributed by atoms with Crippen LogP contribution in [0.1, 0.15) is 29.6 Å². The van der Waals surface area contributed by atoms with Crippen LogP contribution >= 0.6 is 0 Å². The molecule has 7 heteroatoms. The van der Waals surface area contributed by atoms with Crippen molar-refractivity contribution in [3.05, 3.63) is 59.7 Å². The van der Waals surface area contributed by atoms with E-state index in [0.717, 1.165) is 29.0 Å². The van der Waals surface area contributed by atoms with Gasteiger partial charge in [0.2, 0.25) is 5.95 Å². The minimum atomic E-state index is 0.0255. The largest absolute Gasteiger partial charge is 0.497 e. The van der Waals surface area contributed by atoms with E-state index < -0.39 is 0 Å². The maximum absolute atomic E-state index is 5.36. The molecule has 0 bridgehead atoms. The standard InChI is InChI=1S/C18H19N5O2/c1-24-14-7-3-5-12(9-14)16-11-17(23-18(19-16)20-21-22-23)13-6-4-8-15(10-13)25-2/h3-10,16-17H,11H2,1-2H3,(H,19,20,22)/t16-,17+/m1/s1. The number of nitrogens with one attached hydrogen (secondary N) is 1. The second kappa shape index (κ2) is 6.43. The zero-order chi connectivity index (χ0) is 17.2. The highest BCUT2D eigenvalue weighted by Crippen LogP contribution is 2.38. The van der Waals surface area contributed by atoms with Gasteiger partial charge in [0.05, 0.1) is 26.3 Å². The Bertz CT molecular complexity index is 879. The lowest BCUT2D eigenvalue weighted by Crippen LogP contribution is -2.28. The van der Waals surface area contributed by atoms with Gasteiger partial charge in [-0.05, 0) is 52.2 Å². The Morgan fingerprint density at radius 3 is 2.40 bits per heavy atom. The number of nitrogens with zero attached hydrogens (tertiary/aromatic N) is 4. The van der Waals surface area contributed by atoms with Crippen molar-refractivity contribution in [2.75, 3.05) is 19.5 Å². The fourth-order valence-corrected chi connectivity index (χ4v) is 3.24. The second-order valence-corrected chi connectivity index (χ2v) is 5.95. The lowest BCUT2D eigenvalue weighted by Gasteiger charge is -2.31. The first-order valence-corrected chi connectivity index (χ1v) is 8.11. The minimum absolute atomic E-state index is 0.0255. The minimum Gasteiger partial charge on any atom is -0.497 e. The molecular formula is C18H19N5O2. The second-order valence-electron chi connectivity index (χ2n) is 5.95. The molecule has 0 fully saturated rings. The predicted octanol–water partition coefficient (Wildman–Crippen LogP) is 2.84. The first-order chi connectivity index (χ1) is 12.3. The highest BCUT2D eigenvalue weighted by Gasteiger charge is 2.31. The molecule has 1 aliphatic rings. The van der Waals surface area contributed by atoms with Gasteiger partial charge in [0.1, 0.15) is 11.5 Å². The summed E-state index contributed by atoms with van der Waals surface area (Å²) in [6, 6.07) is 16.2. The lowest BCUT2D eigenvalue weighted by atomic mass is 9.93. The van der Waals surface area contributed by atoms with Gasteiger partial charge in [-0.25, -0.2) is 4.68 Å². The van der Waals surface area contributed by atoms with Crippen molar-refractivity contribution in [2.24, 2.45) is 0 Å². The Balaban J connectivity index is 1.72. The van der Waals surface area contributed by atoms with E-state index in [1.54, 1.807) is 14.2 Å². The fourth-order valence-electron chi connectivity index (χ4n) is 3.24. The summed E-state index contributed by atoms with van der Waals surface area (Å²) in [6.45, 7) is 0. The Labute approximate surface area is 145 Å². The van der Waals surface area contributed by atoms with Gasteiger partial charge in [0, 0.05) is 0 Å². The molecule has 0 spiro atoms. The maximum Gasteiger partial charge on any atom is 0.243 e. The number of hydrogen-bond donors (Lipinski definition) is 1. The summed E-state index contributed by atoms with van der Waals surface area (Å²) in [7, 11) is 3.34. The molecule has 7 nitrogen and oxygen atoms in total. The molecular weight excluding hydrogens is 318 g/mol. The molecule has 0 aliphatic carbocycles. The molecule has 2 atom stereocenters. The number of ether oxygens (including phenoxy) is 2. The average Bonchev–Trinajstić information content (AvgIpc) is 3.16. The van der Waals surface area contributed by atoms with Crippen molar-refractivity contribution >= 4 is 5.95 Å². The molecule has 2 aromatic carbocycles. The summed E-state index contributed by atoms with van der Waals surface area (Å²) in [5.74, 6) is 2.32. The summed E-state index contributed by atoms with van der Waals surface area (Å²) in [5.41, 5.74) is 2.25. The van der Waals surface area contributed by atoms with E-state index in [4.69, 9.17) is 9.47 Å². The normalized spacial score (nSPS) is 19.0. The molecule has 2 heterocycles. The molecule has 1 aliphatic heterocycles. The number of hydrogen-bond acceptors (Lipinski definition) is 6. The third-order valence-electron chi connectivity index (χ3n) is 4.53. The molecule has 0 amide bonds. The van der Waals surface area contributed by atoms with Crippen LogP contribution in [0.2, 0.25) is 0 Å². The van der Waals surface area contributed by atoms with Crippen molar-refractivity contribution in [3.8, 4) is 11.5 Å². The van der Waals surface area contributed by atoms with Crippen molar-refractivity contribution < 1.29 is 9.47 Å². The predicted molar refractivity (Wildman–Crippen MR) is 92.9 cm³/mol. The molecule has 128 valence electrons. The zero-order valence-corrected chi connectivity index (χ0v) is 14.1. The van der Waals surface area contributed by atoms with Crippen LogP contribution in [0.4, 0.5) is 5.95 Å². The fraction of sp³-hybridized carbons (Fsp3) is 0.278. The first-order valence-electron chi connectivity index (χ1n) is 8.11. The Morgan fingerprint density at radius 2 is 1.68 bits per heavy atom. The highest BCUT2D eigenvalue weighted by molar-refractivity contribution is 5.41. The first kappa shape index (κ1) is 15.4. The van der Waals surface area contributed by atoms with Crippen LogP contribution < -0.4 is 14.8 Å². The van der Waals surface area contributed by atoms with Gasteiger partial charge in [-0.15, -0.1) is 0 Å². The quantitative estimate of drug-likeness (QED) is 0.789. The van der Waals surface area contributed by atoms with Gasteiger partial charge in [0.25, 0.3) is 0 Å². The Hall–Kier alpha value is -3.09. The smallest absolute Gasteiger partial charge is 0.243 e. The summed E-state index contributed by atoms with van der Waals surface area (Å²) >= 11 is 0. The topological polar surface area (TPSA) is 74.1 Å². The maximum atomic E-state index is 5.36. The molecule has 25 heavy (non-hydrogen) atoms. The number of anilines is 1. The van der Waals surface area contributed by atoms with Crippen LogP contribution in [0.15, 0.2) is 48.5 Å². The SMILES string of the molecule is COc1cccc([C@H]2C[C@@H](c3cccc(OC)c3)n3nnnc3N2)c1. The van der Waals surface area contributed by atoms with Gasteiger partial charge in [-0.1, -0.05) is 29.4 Å². The van der Waals surface area contributed by atoms with E-state index in [1.165, 1.54) is 0 Å². The van der Waals surface area contributed by atoms with Crippen molar-refractivity contribution in [2.45, 2.75) is 18.5 Å². The summed E-state index contributed by atoms with van der Waals surface area (Å²) < 4.78 is 12.5. The van der Waals surface area contributed by atoms with Crippen LogP contribution in [-0.2, 0) is 0 Å².